The highest BCUT2D eigenvalue weighted by Gasteiger charge is 2.25. The summed E-state index contributed by atoms with van der Waals surface area (Å²) in [7, 11) is 0. The zero-order valence-corrected chi connectivity index (χ0v) is 16.4. The molecule has 0 spiro atoms. The van der Waals surface area contributed by atoms with Gasteiger partial charge in [-0.2, -0.15) is 0 Å². The minimum Gasteiger partial charge on any atom is -0.354 e. The highest BCUT2D eigenvalue weighted by Crippen LogP contribution is 2.22. The molecule has 2 saturated heterocycles. The van der Waals surface area contributed by atoms with E-state index in [0.29, 0.717) is 11.8 Å². The number of likely N-dealkylation sites (tertiary alicyclic amines) is 1. The SMILES string of the molecule is CC(CN1CCCC(CNC(=O)C2CCCN2)C1)c1ccc(F)cc1.Cl. The first-order chi connectivity index (χ1) is 12.1. The molecule has 1 aromatic carbocycles. The number of halogens is 2. The fourth-order valence-electron chi connectivity index (χ4n) is 4.04. The number of hydrogen-bond donors (Lipinski definition) is 2. The van der Waals surface area contributed by atoms with Gasteiger partial charge in [0, 0.05) is 19.6 Å². The Labute approximate surface area is 162 Å². The van der Waals surface area contributed by atoms with E-state index >= 15 is 0 Å². The van der Waals surface area contributed by atoms with Gasteiger partial charge in [-0.3, -0.25) is 4.79 Å². The summed E-state index contributed by atoms with van der Waals surface area (Å²) in [6, 6.07) is 6.86. The molecule has 2 fully saturated rings. The first-order valence-electron chi connectivity index (χ1n) is 9.60. The predicted octanol–water partition coefficient (Wildman–Crippen LogP) is 2.93. The van der Waals surface area contributed by atoms with Gasteiger partial charge in [0.2, 0.25) is 5.91 Å². The standard InChI is InChI=1S/C20H30FN3O.ClH/c1-15(17-6-8-18(21)9-7-17)13-24-11-3-4-16(14-24)12-23-20(25)19-5-2-10-22-19;/h6-9,15-16,19,22H,2-5,10-14H2,1H3,(H,23,25);1H. The lowest BCUT2D eigenvalue weighted by molar-refractivity contribution is -0.123. The Morgan fingerprint density at radius 1 is 1.31 bits per heavy atom. The van der Waals surface area contributed by atoms with Gasteiger partial charge in [0.1, 0.15) is 5.82 Å². The molecule has 2 heterocycles. The minimum atomic E-state index is -0.179. The molecule has 6 heteroatoms. The lowest BCUT2D eigenvalue weighted by Crippen LogP contribution is -2.46. The van der Waals surface area contributed by atoms with Crippen molar-refractivity contribution in [3.63, 3.8) is 0 Å². The van der Waals surface area contributed by atoms with Crippen molar-refractivity contribution in [2.75, 3.05) is 32.7 Å². The van der Waals surface area contributed by atoms with Crippen molar-refractivity contribution in [3.05, 3.63) is 35.6 Å². The third kappa shape index (κ3) is 5.93. The van der Waals surface area contributed by atoms with Crippen LogP contribution in [0.5, 0.6) is 0 Å². The summed E-state index contributed by atoms with van der Waals surface area (Å²) in [5, 5.41) is 6.39. The molecule has 3 atom stereocenters. The van der Waals surface area contributed by atoms with Crippen LogP contribution < -0.4 is 10.6 Å². The molecule has 2 aliphatic heterocycles. The number of nitrogens with one attached hydrogen (secondary N) is 2. The highest BCUT2D eigenvalue weighted by atomic mass is 35.5. The second-order valence-corrected chi connectivity index (χ2v) is 7.61. The number of piperidine rings is 1. The maximum absolute atomic E-state index is 13.1. The molecule has 0 saturated carbocycles. The zero-order chi connectivity index (χ0) is 17.6. The molecule has 2 aliphatic rings. The number of rotatable bonds is 6. The second kappa shape index (κ2) is 10.2. The maximum atomic E-state index is 13.1. The van der Waals surface area contributed by atoms with Gasteiger partial charge in [0.25, 0.3) is 0 Å². The minimum absolute atomic E-state index is 0. The first kappa shape index (κ1) is 21.1. The monoisotopic (exact) mass is 383 g/mol. The molecule has 26 heavy (non-hydrogen) atoms. The molecule has 3 unspecified atom stereocenters. The van der Waals surface area contributed by atoms with E-state index in [4.69, 9.17) is 0 Å². The van der Waals surface area contributed by atoms with E-state index in [1.807, 2.05) is 12.1 Å². The third-order valence-corrected chi connectivity index (χ3v) is 5.52. The summed E-state index contributed by atoms with van der Waals surface area (Å²) < 4.78 is 13.1. The van der Waals surface area contributed by atoms with Gasteiger partial charge >= 0.3 is 0 Å². The fourth-order valence-corrected chi connectivity index (χ4v) is 4.04. The number of benzene rings is 1. The summed E-state index contributed by atoms with van der Waals surface area (Å²) in [4.78, 5) is 14.6. The van der Waals surface area contributed by atoms with Gasteiger partial charge in [-0.25, -0.2) is 4.39 Å². The summed E-state index contributed by atoms with van der Waals surface area (Å²) in [5.74, 6) is 0.895. The van der Waals surface area contributed by atoms with Crippen LogP contribution in [0.15, 0.2) is 24.3 Å². The van der Waals surface area contributed by atoms with Gasteiger partial charge in [-0.05, 0) is 68.3 Å². The summed E-state index contributed by atoms with van der Waals surface area (Å²) >= 11 is 0. The summed E-state index contributed by atoms with van der Waals surface area (Å²) in [5.41, 5.74) is 1.18. The molecule has 0 aliphatic carbocycles. The molecular weight excluding hydrogens is 353 g/mol. The van der Waals surface area contributed by atoms with Crippen LogP contribution in [0.4, 0.5) is 4.39 Å². The molecule has 4 nitrogen and oxygen atoms in total. The predicted molar refractivity (Wildman–Crippen MR) is 105 cm³/mol. The summed E-state index contributed by atoms with van der Waals surface area (Å²) in [6.07, 6.45) is 4.41. The normalized spacial score (nSPS) is 24.7. The van der Waals surface area contributed by atoms with Crippen LogP contribution in [0.1, 0.15) is 44.1 Å². The second-order valence-electron chi connectivity index (χ2n) is 7.61. The molecular formula is C20H31ClFN3O. The van der Waals surface area contributed by atoms with Crippen molar-refractivity contribution in [2.24, 2.45) is 5.92 Å². The molecule has 146 valence electrons. The lowest BCUT2D eigenvalue weighted by Gasteiger charge is -2.34. The lowest BCUT2D eigenvalue weighted by atomic mass is 9.95. The van der Waals surface area contributed by atoms with Gasteiger partial charge in [0.05, 0.1) is 6.04 Å². The molecule has 0 radical (unpaired) electrons. The van der Waals surface area contributed by atoms with Crippen LogP contribution in [0.25, 0.3) is 0 Å². The molecule has 3 rings (SSSR count). The van der Waals surface area contributed by atoms with E-state index < -0.39 is 0 Å². The molecule has 1 amide bonds. The van der Waals surface area contributed by atoms with Crippen LogP contribution in [-0.2, 0) is 4.79 Å². The number of hydrogen-bond acceptors (Lipinski definition) is 3. The van der Waals surface area contributed by atoms with Crippen LogP contribution in [0.2, 0.25) is 0 Å². The van der Waals surface area contributed by atoms with Gasteiger partial charge < -0.3 is 15.5 Å². The van der Waals surface area contributed by atoms with Crippen molar-refractivity contribution in [3.8, 4) is 0 Å². The molecule has 2 N–H and O–H groups in total. The Bertz CT molecular complexity index is 563. The van der Waals surface area contributed by atoms with Crippen LogP contribution >= 0.6 is 12.4 Å². The largest absolute Gasteiger partial charge is 0.354 e. The zero-order valence-electron chi connectivity index (χ0n) is 15.5. The van der Waals surface area contributed by atoms with E-state index in [2.05, 4.69) is 22.5 Å². The van der Waals surface area contributed by atoms with Crippen LogP contribution in [-0.4, -0.2) is 49.6 Å². The van der Waals surface area contributed by atoms with E-state index in [0.717, 1.165) is 45.6 Å². The Balaban J connectivity index is 0.00000243. The van der Waals surface area contributed by atoms with E-state index in [9.17, 15) is 9.18 Å². The Morgan fingerprint density at radius 2 is 2.08 bits per heavy atom. The Morgan fingerprint density at radius 3 is 2.77 bits per heavy atom. The average molecular weight is 384 g/mol. The van der Waals surface area contributed by atoms with Gasteiger partial charge in [-0.1, -0.05) is 19.1 Å². The topological polar surface area (TPSA) is 44.4 Å². The fraction of sp³-hybridized carbons (Fsp3) is 0.650. The van der Waals surface area contributed by atoms with Crippen molar-refractivity contribution >= 4 is 18.3 Å². The van der Waals surface area contributed by atoms with E-state index in [1.54, 1.807) is 0 Å². The number of carbonyl (C=O) groups is 1. The third-order valence-electron chi connectivity index (χ3n) is 5.52. The number of nitrogens with zero attached hydrogens (tertiary/aromatic N) is 1. The van der Waals surface area contributed by atoms with Crippen molar-refractivity contribution in [1.82, 2.24) is 15.5 Å². The molecule has 0 bridgehead atoms. The first-order valence-corrected chi connectivity index (χ1v) is 9.60. The maximum Gasteiger partial charge on any atom is 0.237 e. The van der Waals surface area contributed by atoms with Crippen LogP contribution in [0.3, 0.4) is 0 Å². The van der Waals surface area contributed by atoms with Crippen molar-refractivity contribution in [2.45, 2.75) is 44.6 Å². The smallest absolute Gasteiger partial charge is 0.237 e. The molecule has 0 aromatic heterocycles. The quantitative estimate of drug-likeness (QED) is 0.793. The van der Waals surface area contributed by atoms with E-state index in [1.165, 1.54) is 30.5 Å². The Kier molecular flexibility index (Phi) is 8.32. The van der Waals surface area contributed by atoms with Crippen LogP contribution in [0, 0.1) is 11.7 Å². The van der Waals surface area contributed by atoms with Crippen molar-refractivity contribution in [1.29, 1.82) is 0 Å². The highest BCUT2D eigenvalue weighted by molar-refractivity contribution is 5.85. The van der Waals surface area contributed by atoms with Gasteiger partial charge in [-0.15, -0.1) is 12.4 Å². The molecule has 1 aromatic rings. The number of amides is 1. The summed E-state index contributed by atoms with van der Waals surface area (Å²) in [6.45, 7) is 7.06. The van der Waals surface area contributed by atoms with Gasteiger partial charge in [0.15, 0.2) is 0 Å². The average Bonchev–Trinajstić information content (AvgIpc) is 3.15. The van der Waals surface area contributed by atoms with E-state index in [-0.39, 0.29) is 30.2 Å². The van der Waals surface area contributed by atoms with Crippen molar-refractivity contribution < 1.29 is 9.18 Å². The Hall–Kier alpha value is -1.17. The number of carbonyl (C=O) groups excluding carboxylic acids is 1.